The van der Waals surface area contributed by atoms with E-state index in [-0.39, 0.29) is 12.5 Å². The van der Waals surface area contributed by atoms with E-state index in [0.717, 1.165) is 19.4 Å². The summed E-state index contributed by atoms with van der Waals surface area (Å²) >= 11 is 0. The van der Waals surface area contributed by atoms with Gasteiger partial charge in [0.1, 0.15) is 5.75 Å². The van der Waals surface area contributed by atoms with E-state index in [9.17, 15) is 4.79 Å². The van der Waals surface area contributed by atoms with Gasteiger partial charge in [-0.3, -0.25) is 9.78 Å². The highest BCUT2D eigenvalue weighted by Gasteiger charge is 2.24. The summed E-state index contributed by atoms with van der Waals surface area (Å²) in [5, 5.41) is 0. The summed E-state index contributed by atoms with van der Waals surface area (Å²) < 4.78 is 7.54. The number of amides is 1. The molecule has 0 radical (unpaired) electrons. The first-order valence-corrected chi connectivity index (χ1v) is 7.11. The molecule has 1 atom stereocenters. The molecule has 0 N–H and O–H groups in total. The van der Waals surface area contributed by atoms with Gasteiger partial charge >= 0.3 is 0 Å². The molecule has 110 valence electrons. The standard InChI is InChI=1S/C15H18N4O2/c20-15(11-21-14-4-1-5-16-9-14)18-7-2-3-13(10-18)19-8-6-17-12-19/h1,4-6,8-9,12-13H,2-3,7,10-11H2. The van der Waals surface area contributed by atoms with Gasteiger partial charge in [0.2, 0.25) is 0 Å². The van der Waals surface area contributed by atoms with Gasteiger partial charge in [-0.2, -0.15) is 0 Å². The minimum atomic E-state index is 0.0173. The Labute approximate surface area is 123 Å². The summed E-state index contributed by atoms with van der Waals surface area (Å²) in [4.78, 5) is 22.1. The lowest BCUT2D eigenvalue weighted by Crippen LogP contribution is -2.42. The van der Waals surface area contributed by atoms with Crippen molar-refractivity contribution in [3.63, 3.8) is 0 Å². The largest absolute Gasteiger partial charge is 0.482 e. The van der Waals surface area contributed by atoms with Crippen LogP contribution < -0.4 is 4.74 Å². The highest BCUT2D eigenvalue weighted by Crippen LogP contribution is 2.21. The van der Waals surface area contributed by atoms with Crippen molar-refractivity contribution in [2.75, 3.05) is 19.7 Å². The van der Waals surface area contributed by atoms with E-state index in [1.807, 2.05) is 17.4 Å². The monoisotopic (exact) mass is 286 g/mol. The first-order valence-electron chi connectivity index (χ1n) is 7.11. The van der Waals surface area contributed by atoms with Gasteiger partial charge in [0.15, 0.2) is 6.61 Å². The van der Waals surface area contributed by atoms with Crippen molar-refractivity contribution in [2.24, 2.45) is 0 Å². The Kier molecular flexibility index (Phi) is 4.14. The van der Waals surface area contributed by atoms with Crippen molar-refractivity contribution in [3.8, 4) is 5.75 Å². The quantitative estimate of drug-likeness (QED) is 0.855. The summed E-state index contributed by atoms with van der Waals surface area (Å²) in [7, 11) is 0. The molecule has 21 heavy (non-hydrogen) atoms. The van der Waals surface area contributed by atoms with Crippen LogP contribution in [0, 0.1) is 0 Å². The lowest BCUT2D eigenvalue weighted by Gasteiger charge is -2.33. The predicted octanol–water partition coefficient (Wildman–Crippen LogP) is 1.52. The third-order valence-electron chi connectivity index (χ3n) is 3.69. The van der Waals surface area contributed by atoms with Gasteiger partial charge in [-0.1, -0.05) is 0 Å². The van der Waals surface area contributed by atoms with E-state index in [4.69, 9.17) is 4.74 Å². The number of carbonyl (C=O) groups is 1. The molecule has 1 amide bonds. The average Bonchev–Trinajstić information content (AvgIpc) is 3.08. The zero-order valence-corrected chi connectivity index (χ0v) is 11.8. The number of carbonyl (C=O) groups excluding carboxylic acids is 1. The van der Waals surface area contributed by atoms with Gasteiger partial charge < -0.3 is 14.2 Å². The topological polar surface area (TPSA) is 60.2 Å². The molecule has 6 nitrogen and oxygen atoms in total. The van der Waals surface area contributed by atoms with Crippen LogP contribution in [0.15, 0.2) is 43.2 Å². The van der Waals surface area contributed by atoms with Crippen LogP contribution in [0.25, 0.3) is 0 Å². The van der Waals surface area contributed by atoms with Crippen molar-refractivity contribution in [1.29, 1.82) is 0 Å². The molecule has 2 aromatic rings. The Balaban J connectivity index is 1.55. The number of aromatic nitrogens is 3. The first-order chi connectivity index (χ1) is 10.3. The summed E-state index contributed by atoms with van der Waals surface area (Å²) in [6.07, 6.45) is 10.9. The normalized spacial score (nSPS) is 18.5. The third kappa shape index (κ3) is 3.39. The van der Waals surface area contributed by atoms with Gasteiger partial charge in [-0.25, -0.2) is 4.98 Å². The van der Waals surface area contributed by atoms with Crippen LogP contribution in [0.3, 0.4) is 0 Å². The molecule has 1 aliphatic rings. The fourth-order valence-electron chi connectivity index (χ4n) is 2.58. The average molecular weight is 286 g/mol. The minimum absolute atomic E-state index is 0.0173. The van der Waals surface area contributed by atoms with Gasteiger partial charge in [0, 0.05) is 31.7 Å². The Bertz CT molecular complexity index is 571. The molecule has 3 heterocycles. The van der Waals surface area contributed by atoms with Crippen LogP contribution in [0.1, 0.15) is 18.9 Å². The van der Waals surface area contributed by atoms with Crippen LogP contribution in [-0.4, -0.2) is 45.0 Å². The van der Waals surface area contributed by atoms with Gasteiger partial charge in [-0.15, -0.1) is 0 Å². The van der Waals surface area contributed by atoms with E-state index in [2.05, 4.69) is 14.5 Å². The third-order valence-corrected chi connectivity index (χ3v) is 3.69. The molecule has 0 bridgehead atoms. The number of likely N-dealkylation sites (tertiary alicyclic amines) is 1. The van der Waals surface area contributed by atoms with Crippen molar-refractivity contribution < 1.29 is 9.53 Å². The zero-order chi connectivity index (χ0) is 14.5. The number of hydrogen-bond donors (Lipinski definition) is 0. The smallest absolute Gasteiger partial charge is 0.260 e. The fraction of sp³-hybridized carbons (Fsp3) is 0.400. The Hall–Kier alpha value is -2.37. The lowest BCUT2D eigenvalue weighted by molar-refractivity contribution is -0.135. The second-order valence-electron chi connectivity index (χ2n) is 5.12. The number of imidazole rings is 1. The van der Waals surface area contributed by atoms with E-state index in [1.54, 1.807) is 30.7 Å². The SMILES string of the molecule is O=C(COc1cccnc1)N1CCCC(n2ccnc2)C1. The number of pyridine rings is 1. The fourth-order valence-corrected chi connectivity index (χ4v) is 2.58. The Morgan fingerprint density at radius 1 is 1.38 bits per heavy atom. The van der Waals surface area contributed by atoms with Crippen LogP contribution in [-0.2, 0) is 4.79 Å². The molecule has 0 saturated carbocycles. The van der Waals surface area contributed by atoms with E-state index in [0.29, 0.717) is 18.3 Å². The van der Waals surface area contributed by atoms with Gasteiger partial charge in [0.05, 0.1) is 18.6 Å². The molecule has 2 aromatic heterocycles. The summed E-state index contributed by atoms with van der Waals surface area (Å²) in [6, 6.07) is 3.89. The maximum atomic E-state index is 12.2. The number of hydrogen-bond acceptors (Lipinski definition) is 4. The maximum Gasteiger partial charge on any atom is 0.260 e. The maximum absolute atomic E-state index is 12.2. The predicted molar refractivity (Wildman–Crippen MR) is 76.8 cm³/mol. The van der Waals surface area contributed by atoms with Crippen LogP contribution in [0.4, 0.5) is 0 Å². The summed E-state index contributed by atoms with van der Waals surface area (Å²) in [5.41, 5.74) is 0. The highest BCUT2D eigenvalue weighted by molar-refractivity contribution is 5.77. The van der Waals surface area contributed by atoms with E-state index in [1.165, 1.54) is 0 Å². The van der Waals surface area contributed by atoms with Gasteiger partial charge in [0.25, 0.3) is 5.91 Å². The summed E-state index contributed by atoms with van der Waals surface area (Å²) in [5.74, 6) is 0.637. The molecule has 6 heteroatoms. The minimum Gasteiger partial charge on any atom is -0.482 e. The molecule has 0 aromatic carbocycles. The molecular weight excluding hydrogens is 268 g/mol. The molecule has 1 fully saturated rings. The summed E-state index contributed by atoms with van der Waals surface area (Å²) in [6.45, 7) is 1.56. The molecule has 1 aliphatic heterocycles. The number of rotatable bonds is 4. The zero-order valence-electron chi connectivity index (χ0n) is 11.8. The lowest BCUT2D eigenvalue weighted by atomic mass is 10.1. The highest BCUT2D eigenvalue weighted by atomic mass is 16.5. The van der Waals surface area contributed by atoms with Crippen molar-refractivity contribution >= 4 is 5.91 Å². The van der Waals surface area contributed by atoms with Crippen LogP contribution >= 0.6 is 0 Å². The van der Waals surface area contributed by atoms with Crippen molar-refractivity contribution in [2.45, 2.75) is 18.9 Å². The van der Waals surface area contributed by atoms with E-state index < -0.39 is 0 Å². The van der Waals surface area contributed by atoms with E-state index >= 15 is 0 Å². The molecule has 1 unspecified atom stereocenters. The van der Waals surface area contributed by atoms with Crippen molar-refractivity contribution in [1.82, 2.24) is 19.4 Å². The Morgan fingerprint density at radius 2 is 2.33 bits per heavy atom. The van der Waals surface area contributed by atoms with Crippen LogP contribution in [0.2, 0.25) is 0 Å². The second kappa shape index (κ2) is 6.39. The van der Waals surface area contributed by atoms with Crippen LogP contribution in [0.5, 0.6) is 5.75 Å². The molecular formula is C15H18N4O2. The second-order valence-corrected chi connectivity index (χ2v) is 5.12. The van der Waals surface area contributed by atoms with Gasteiger partial charge in [-0.05, 0) is 25.0 Å². The molecule has 3 rings (SSSR count). The molecule has 1 saturated heterocycles. The number of nitrogens with zero attached hydrogens (tertiary/aromatic N) is 4. The molecule has 0 spiro atoms. The first kappa shape index (κ1) is 13.6. The number of ether oxygens (including phenoxy) is 1. The van der Waals surface area contributed by atoms with Crippen molar-refractivity contribution in [3.05, 3.63) is 43.2 Å². The Morgan fingerprint density at radius 3 is 3.10 bits per heavy atom. The molecule has 0 aliphatic carbocycles. The number of piperidine rings is 1.